The Hall–Kier alpha value is -5.61. The van der Waals surface area contributed by atoms with Gasteiger partial charge >= 0.3 is 0 Å². The molecule has 0 unspecified atom stereocenters. The van der Waals surface area contributed by atoms with Crippen molar-refractivity contribution in [3.05, 3.63) is 140 Å². The molecule has 2 aromatic heterocycles. The first-order chi connectivity index (χ1) is 20.3. The third-order valence-corrected chi connectivity index (χ3v) is 7.53. The summed E-state index contributed by atoms with van der Waals surface area (Å²) >= 11 is 0. The van der Waals surface area contributed by atoms with E-state index in [1.165, 1.54) is 16.3 Å². The maximum atomic E-state index is 6.25. The van der Waals surface area contributed by atoms with Crippen LogP contribution in [0.25, 0.3) is 78.0 Å². The van der Waals surface area contributed by atoms with Gasteiger partial charge < -0.3 is 4.42 Å². The average Bonchev–Trinajstić information content (AvgIpc) is 3.42. The minimum atomic E-state index is 0.624. The van der Waals surface area contributed by atoms with Gasteiger partial charge in [-0.05, 0) is 52.2 Å². The lowest BCUT2D eigenvalue weighted by Crippen LogP contribution is -2.00. The van der Waals surface area contributed by atoms with E-state index < -0.39 is 0 Å². The zero-order valence-corrected chi connectivity index (χ0v) is 22.0. The van der Waals surface area contributed by atoms with Crippen molar-refractivity contribution >= 4 is 32.7 Å². The molecule has 4 heteroatoms. The van der Waals surface area contributed by atoms with Crippen LogP contribution in [0.15, 0.2) is 144 Å². The second kappa shape index (κ2) is 9.54. The van der Waals surface area contributed by atoms with E-state index in [1.54, 1.807) is 0 Å². The zero-order valence-electron chi connectivity index (χ0n) is 22.0. The van der Waals surface area contributed by atoms with Crippen LogP contribution < -0.4 is 0 Å². The van der Waals surface area contributed by atoms with Gasteiger partial charge in [0.15, 0.2) is 17.5 Å². The van der Waals surface area contributed by atoms with Crippen LogP contribution in [0.3, 0.4) is 0 Å². The first-order valence-electron chi connectivity index (χ1n) is 13.6. The zero-order chi connectivity index (χ0) is 27.2. The summed E-state index contributed by atoms with van der Waals surface area (Å²) in [7, 11) is 0. The number of fused-ring (bicyclic) bond motifs is 4. The molecule has 8 rings (SSSR count). The molecular formula is C37H23N3O. The number of furan rings is 1. The fourth-order valence-electron chi connectivity index (χ4n) is 5.50. The molecule has 0 aliphatic rings. The highest BCUT2D eigenvalue weighted by atomic mass is 16.3. The first-order valence-corrected chi connectivity index (χ1v) is 13.6. The van der Waals surface area contributed by atoms with Crippen LogP contribution in [0.5, 0.6) is 0 Å². The van der Waals surface area contributed by atoms with E-state index >= 15 is 0 Å². The van der Waals surface area contributed by atoms with E-state index in [4.69, 9.17) is 19.4 Å². The summed E-state index contributed by atoms with van der Waals surface area (Å²) in [6.45, 7) is 0. The summed E-state index contributed by atoms with van der Waals surface area (Å²) < 4.78 is 6.25. The highest BCUT2D eigenvalue weighted by Gasteiger charge is 2.15. The standard InChI is InChI=1S/C37H23N3O/c1-3-11-25(12-4-1)35-38-36(26-13-5-2-6-14-26)40-37(39-35)28-19-21-34-32(23-28)31-22-27(18-20-33(31)41-34)30-17-9-15-24-10-7-8-16-29(24)30/h1-23H. The van der Waals surface area contributed by atoms with Crippen LogP contribution in [-0.4, -0.2) is 15.0 Å². The highest BCUT2D eigenvalue weighted by Crippen LogP contribution is 2.36. The summed E-state index contributed by atoms with van der Waals surface area (Å²) in [6, 6.07) is 47.6. The van der Waals surface area contributed by atoms with E-state index in [-0.39, 0.29) is 0 Å². The van der Waals surface area contributed by atoms with E-state index in [1.807, 2.05) is 72.8 Å². The second-order valence-corrected chi connectivity index (χ2v) is 10.1. The van der Waals surface area contributed by atoms with E-state index in [9.17, 15) is 0 Å². The van der Waals surface area contributed by atoms with Crippen molar-refractivity contribution in [2.45, 2.75) is 0 Å². The summed E-state index contributed by atoms with van der Waals surface area (Å²) in [4.78, 5) is 14.7. The molecule has 0 saturated carbocycles. The third-order valence-electron chi connectivity index (χ3n) is 7.53. The van der Waals surface area contributed by atoms with Crippen molar-refractivity contribution in [2.75, 3.05) is 0 Å². The molecule has 0 radical (unpaired) electrons. The fraction of sp³-hybridized carbons (Fsp3) is 0. The van der Waals surface area contributed by atoms with Gasteiger partial charge in [0, 0.05) is 27.5 Å². The molecule has 41 heavy (non-hydrogen) atoms. The second-order valence-electron chi connectivity index (χ2n) is 10.1. The molecule has 4 nitrogen and oxygen atoms in total. The quantitative estimate of drug-likeness (QED) is 0.230. The Morgan fingerprint density at radius 1 is 0.366 bits per heavy atom. The van der Waals surface area contributed by atoms with Crippen LogP contribution in [0, 0.1) is 0 Å². The minimum Gasteiger partial charge on any atom is -0.456 e. The molecule has 8 aromatic rings. The lowest BCUT2D eigenvalue weighted by molar-refractivity contribution is 0.669. The molecule has 0 saturated heterocycles. The van der Waals surface area contributed by atoms with E-state index in [0.29, 0.717) is 17.5 Å². The molecule has 2 heterocycles. The predicted molar refractivity (Wildman–Crippen MR) is 166 cm³/mol. The number of hydrogen-bond acceptors (Lipinski definition) is 4. The van der Waals surface area contributed by atoms with Crippen LogP contribution in [0.2, 0.25) is 0 Å². The SMILES string of the molecule is c1ccc(-c2nc(-c3ccccc3)nc(-c3ccc4oc5ccc(-c6cccc7ccccc67)cc5c4c3)n2)cc1. The van der Waals surface area contributed by atoms with Gasteiger partial charge in [-0.2, -0.15) is 0 Å². The molecule has 6 aromatic carbocycles. The normalized spacial score (nSPS) is 11.4. The summed E-state index contributed by atoms with van der Waals surface area (Å²) in [6.07, 6.45) is 0. The number of nitrogens with zero attached hydrogens (tertiary/aromatic N) is 3. The smallest absolute Gasteiger partial charge is 0.164 e. The average molecular weight is 526 g/mol. The van der Waals surface area contributed by atoms with Crippen molar-refractivity contribution < 1.29 is 4.42 Å². The van der Waals surface area contributed by atoms with Crippen LogP contribution in [0.1, 0.15) is 0 Å². The topological polar surface area (TPSA) is 51.8 Å². The summed E-state index contributed by atoms with van der Waals surface area (Å²) in [5.74, 6) is 1.91. The highest BCUT2D eigenvalue weighted by molar-refractivity contribution is 6.08. The van der Waals surface area contributed by atoms with Gasteiger partial charge in [0.25, 0.3) is 0 Å². The number of aromatic nitrogens is 3. The molecule has 0 bridgehead atoms. The molecule has 0 aliphatic heterocycles. The summed E-state index contributed by atoms with van der Waals surface area (Å²) in [5.41, 5.74) is 6.85. The van der Waals surface area contributed by atoms with Crippen LogP contribution in [0.4, 0.5) is 0 Å². The number of hydrogen-bond donors (Lipinski definition) is 0. The molecule has 0 amide bonds. The maximum absolute atomic E-state index is 6.25. The Morgan fingerprint density at radius 2 is 0.878 bits per heavy atom. The lowest BCUT2D eigenvalue weighted by Gasteiger charge is -2.08. The fourth-order valence-corrected chi connectivity index (χ4v) is 5.50. The predicted octanol–water partition coefficient (Wildman–Crippen LogP) is 9.59. The van der Waals surface area contributed by atoms with Gasteiger partial charge in [-0.15, -0.1) is 0 Å². The van der Waals surface area contributed by atoms with Gasteiger partial charge in [0.05, 0.1) is 0 Å². The van der Waals surface area contributed by atoms with E-state index in [2.05, 4.69) is 66.7 Å². The van der Waals surface area contributed by atoms with Crippen LogP contribution >= 0.6 is 0 Å². The molecule has 0 spiro atoms. The largest absolute Gasteiger partial charge is 0.456 e. The van der Waals surface area contributed by atoms with Gasteiger partial charge in [-0.1, -0.05) is 109 Å². The van der Waals surface area contributed by atoms with Crippen LogP contribution in [-0.2, 0) is 0 Å². The Kier molecular flexibility index (Phi) is 5.42. The van der Waals surface area contributed by atoms with Crippen molar-refractivity contribution in [1.82, 2.24) is 15.0 Å². The van der Waals surface area contributed by atoms with Crippen molar-refractivity contribution in [3.8, 4) is 45.3 Å². The number of benzene rings is 6. The first kappa shape index (κ1) is 23.3. The lowest BCUT2D eigenvalue weighted by atomic mass is 9.97. The van der Waals surface area contributed by atoms with Crippen molar-refractivity contribution in [1.29, 1.82) is 0 Å². The van der Waals surface area contributed by atoms with Gasteiger partial charge in [-0.3, -0.25) is 0 Å². The Bertz CT molecular complexity index is 2140. The Labute approximate surface area is 236 Å². The van der Waals surface area contributed by atoms with Gasteiger partial charge in [0.2, 0.25) is 0 Å². The molecule has 0 N–H and O–H groups in total. The van der Waals surface area contributed by atoms with Crippen molar-refractivity contribution in [3.63, 3.8) is 0 Å². The van der Waals surface area contributed by atoms with Crippen molar-refractivity contribution in [2.24, 2.45) is 0 Å². The molecule has 0 atom stereocenters. The molecule has 192 valence electrons. The molecule has 0 aliphatic carbocycles. The maximum Gasteiger partial charge on any atom is 0.164 e. The molecular weight excluding hydrogens is 502 g/mol. The van der Waals surface area contributed by atoms with E-state index in [0.717, 1.165) is 44.2 Å². The monoisotopic (exact) mass is 525 g/mol. The Morgan fingerprint density at radius 3 is 1.54 bits per heavy atom. The number of rotatable bonds is 4. The minimum absolute atomic E-state index is 0.624. The summed E-state index contributed by atoms with van der Waals surface area (Å²) in [5, 5.41) is 4.55. The van der Waals surface area contributed by atoms with Gasteiger partial charge in [-0.25, -0.2) is 15.0 Å². The third kappa shape index (κ3) is 4.14. The molecule has 0 fully saturated rings. The Balaban J connectivity index is 1.31. The van der Waals surface area contributed by atoms with Gasteiger partial charge in [0.1, 0.15) is 11.2 Å².